The lowest BCUT2D eigenvalue weighted by Gasteiger charge is -2.35. The number of rotatable bonds is 1. The maximum atomic E-state index is 13.2. The first kappa shape index (κ1) is 18.4. The number of likely N-dealkylation sites (tertiary alicyclic amines) is 1. The smallest absolute Gasteiger partial charge is 0.327 e. The number of fused-ring (bicyclic) bond motifs is 6. The Hall–Kier alpha value is -3.68. The van der Waals surface area contributed by atoms with Crippen molar-refractivity contribution < 1.29 is 27.6 Å². The Morgan fingerprint density at radius 2 is 2.00 bits per heavy atom. The van der Waals surface area contributed by atoms with Crippen molar-refractivity contribution in [3.63, 3.8) is 0 Å². The molecule has 3 aliphatic rings. The summed E-state index contributed by atoms with van der Waals surface area (Å²) in [5.41, 5.74) is 0.771. The van der Waals surface area contributed by atoms with Gasteiger partial charge in [0.25, 0.3) is 5.91 Å². The van der Waals surface area contributed by atoms with Gasteiger partial charge in [0.1, 0.15) is 12.1 Å². The van der Waals surface area contributed by atoms with E-state index in [9.17, 15) is 32.8 Å². The van der Waals surface area contributed by atoms with Gasteiger partial charge in [0.15, 0.2) is 0 Å². The summed E-state index contributed by atoms with van der Waals surface area (Å²) in [6, 6.07) is 4.59. The van der Waals surface area contributed by atoms with Crippen LogP contribution in [0.4, 0.5) is 23.7 Å². The average Bonchev–Trinajstić information content (AvgIpc) is 3.37. The quantitative estimate of drug-likeness (QED) is 0.662. The summed E-state index contributed by atoms with van der Waals surface area (Å²) < 4.78 is 38.8. The number of imide groups is 1. The summed E-state index contributed by atoms with van der Waals surface area (Å²) in [6.07, 6.45) is -3.44. The molecule has 0 spiro atoms. The predicted molar refractivity (Wildman–Crippen MR) is 94.9 cm³/mol. The Morgan fingerprint density at radius 3 is 2.70 bits per heavy atom. The van der Waals surface area contributed by atoms with E-state index in [1.54, 1.807) is 12.1 Å². The Labute approximate surface area is 167 Å². The van der Waals surface area contributed by atoms with Crippen LogP contribution in [0.3, 0.4) is 0 Å². The van der Waals surface area contributed by atoms with Gasteiger partial charge in [0, 0.05) is 18.1 Å². The molecular weight excluding hydrogens is 403 g/mol. The molecule has 5 rings (SSSR count). The minimum atomic E-state index is -5.05. The van der Waals surface area contributed by atoms with Crippen molar-refractivity contribution in [3.05, 3.63) is 36.0 Å². The number of pyridine rings is 1. The maximum absolute atomic E-state index is 13.2. The third-order valence-corrected chi connectivity index (χ3v) is 5.88. The van der Waals surface area contributed by atoms with Gasteiger partial charge in [-0.2, -0.15) is 18.4 Å². The van der Waals surface area contributed by atoms with E-state index in [1.807, 2.05) is 6.07 Å². The molecule has 0 unspecified atom stereocenters. The normalized spacial score (nSPS) is 25.3. The molecule has 3 saturated heterocycles. The van der Waals surface area contributed by atoms with Gasteiger partial charge in [-0.05, 0) is 30.7 Å². The zero-order valence-corrected chi connectivity index (χ0v) is 15.1. The Balaban J connectivity index is 1.56. The molecule has 3 atom stereocenters. The molecule has 4 heterocycles. The second-order valence-electron chi connectivity index (χ2n) is 7.36. The van der Waals surface area contributed by atoms with Gasteiger partial charge < -0.3 is 9.80 Å². The number of halogens is 3. The van der Waals surface area contributed by atoms with Crippen molar-refractivity contribution in [3.8, 4) is 6.07 Å². The van der Waals surface area contributed by atoms with Crippen LogP contribution in [0.15, 0.2) is 30.5 Å². The van der Waals surface area contributed by atoms with Crippen molar-refractivity contribution in [1.82, 2.24) is 14.8 Å². The summed E-state index contributed by atoms with van der Waals surface area (Å²) >= 11 is 0. The van der Waals surface area contributed by atoms with Crippen LogP contribution in [0.25, 0.3) is 10.9 Å². The number of amides is 4. The highest BCUT2D eigenvalue weighted by atomic mass is 19.4. The highest BCUT2D eigenvalue weighted by Gasteiger charge is 2.64. The third-order valence-electron chi connectivity index (χ3n) is 5.88. The SMILES string of the molecule is N#Cc1ccc(N2C(=O)[C@@H]3[C@@H]4C[C@@H](CN4C(=O)C(F)(F)F)N3C2=O)c2cccnc12. The van der Waals surface area contributed by atoms with E-state index in [2.05, 4.69) is 4.98 Å². The van der Waals surface area contributed by atoms with E-state index in [0.29, 0.717) is 15.8 Å². The molecule has 0 aliphatic carbocycles. The van der Waals surface area contributed by atoms with Crippen molar-refractivity contribution in [2.75, 3.05) is 11.4 Å². The number of benzene rings is 1. The van der Waals surface area contributed by atoms with Crippen LogP contribution in [-0.4, -0.2) is 63.5 Å². The average molecular weight is 415 g/mol. The zero-order chi connectivity index (χ0) is 21.4. The Bertz CT molecular complexity index is 1170. The zero-order valence-electron chi connectivity index (χ0n) is 15.1. The number of urea groups is 1. The van der Waals surface area contributed by atoms with Gasteiger partial charge in [0.05, 0.1) is 28.9 Å². The predicted octanol–water partition coefficient (Wildman–Crippen LogP) is 1.79. The molecule has 2 bridgehead atoms. The van der Waals surface area contributed by atoms with Gasteiger partial charge >= 0.3 is 18.1 Å². The minimum absolute atomic E-state index is 0.132. The standard InChI is InChI=1S/C19H12F3N5O3/c20-19(21,22)17(29)25-8-10-6-13(25)15-16(28)27(18(30)26(10)15)12-4-3-9(7-23)14-11(12)2-1-5-24-14/h1-5,10,13,15H,6,8H2/t10-,13-,15-/m0/s1. The number of alkyl halides is 3. The molecule has 3 fully saturated rings. The molecule has 11 heteroatoms. The number of piperazine rings is 1. The molecule has 0 saturated carbocycles. The van der Waals surface area contributed by atoms with E-state index in [0.717, 1.165) is 4.90 Å². The van der Waals surface area contributed by atoms with E-state index in [-0.39, 0.29) is 24.2 Å². The number of carbonyl (C=O) groups excluding carboxylic acids is 3. The molecule has 30 heavy (non-hydrogen) atoms. The first-order valence-corrected chi connectivity index (χ1v) is 9.06. The number of nitriles is 1. The number of anilines is 1. The lowest BCUT2D eigenvalue weighted by Crippen LogP contribution is -2.57. The van der Waals surface area contributed by atoms with E-state index < -0.39 is 42.1 Å². The summed E-state index contributed by atoms with van der Waals surface area (Å²) in [7, 11) is 0. The first-order valence-electron chi connectivity index (χ1n) is 9.06. The molecular formula is C19H12F3N5O3. The monoisotopic (exact) mass is 415 g/mol. The lowest BCUT2D eigenvalue weighted by atomic mass is 10.1. The van der Waals surface area contributed by atoms with Gasteiger partial charge in [-0.1, -0.05) is 0 Å². The number of nitrogens with zero attached hydrogens (tertiary/aromatic N) is 5. The lowest BCUT2D eigenvalue weighted by molar-refractivity contribution is -0.188. The highest BCUT2D eigenvalue weighted by molar-refractivity contribution is 6.25. The summed E-state index contributed by atoms with van der Waals surface area (Å²) in [5.74, 6) is -2.69. The highest BCUT2D eigenvalue weighted by Crippen LogP contribution is 2.44. The fourth-order valence-corrected chi connectivity index (χ4v) is 4.72. The van der Waals surface area contributed by atoms with Gasteiger partial charge in [-0.3, -0.25) is 14.6 Å². The van der Waals surface area contributed by atoms with Gasteiger partial charge in [0.2, 0.25) is 0 Å². The first-order chi connectivity index (χ1) is 14.2. The van der Waals surface area contributed by atoms with Crippen LogP contribution < -0.4 is 4.90 Å². The maximum Gasteiger partial charge on any atom is 0.471 e. The fourth-order valence-electron chi connectivity index (χ4n) is 4.72. The van der Waals surface area contributed by atoms with E-state index >= 15 is 0 Å². The molecule has 152 valence electrons. The Kier molecular flexibility index (Phi) is 3.62. The molecule has 8 nitrogen and oxygen atoms in total. The molecule has 0 radical (unpaired) electrons. The van der Waals surface area contributed by atoms with Crippen molar-refractivity contribution in [2.45, 2.75) is 30.7 Å². The van der Waals surface area contributed by atoms with Crippen molar-refractivity contribution in [2.24, 2.45) is 0 Å². The second kappa shape index (κ2) is 5.91. The van der Waals surface area contributed by atoms with Crippen LogP contribution >= 0.6 is 0 Å². The van der Waals surface area contributed by atoms with E-state index in [4.69, 9.17) is 0 Å². The number of hydrogen-bond acceptors (Lipinski definition) is 5. The fraction of sp³-hybridized carbons (Fsp3) is 0.316. The molecule has 2 aromatic rings. The van der Waals surface area contributed by atoms with Crippen LogP contribution in [-0.2, 0) is 9.59 Å². The molecule has 1 aromatic heterocycles. The van der Waals surface area contributed by atoms with Crippen molar-refractivity contribution >= 4 is 34.4 Å². The van der Waals surface area contributed by atoms with Crippen LogP contribution in [0, 0.1) is 11.3 Å². The number of hydrogen-bond donors (Lipinski definition) is 0. The summed E-state index contributed by atoms with van der Waals surface area (Å²) in [6.45, 7) is -0.262. The second-order valence-corrected chi connectivity index (χ2v) is 7.36. The minimum Gasteiger partial charge on any atom is -0.327 e. The summed E-state index contributed by atoms with van der Waals surface area (Å²) in [4.78, 5) is 45.0. The van der Waals surface area contributed by atoms with Crippen LogP contribution in [0.2, 0.25) is 0 Å². The number of aromatic nitrogens is 1. The molecule has 4 amide bonds. The largest absolute Gasteiger partial charge is 0.471 e. The topological polar surface area (TPSA) is 97.6 Å². The molecule has 3 aliphatic heterocycles. The molecule has 1 aromatic carbocycles. The summed E-state index contributed by atoms with van der Waals surface area (Å²) in [5, 5.41) is 9.67. The van der Waals surface area contributed by atoms with Gasteiger partial charge in [-0.25, -0.2) is 9.69 Å². The van der Waals surface area contributed by atoms with E-state index in [1.165, 1.54) is 23.2 Å². The van der Waals surface area contributed by atoms with Crippen LogP contribution in [0.1, 0.15) is 12.0 Å². The number of carbonyl (C=O) groups is 3. The van der Waals surface area contributed by atoms with Gasteiger partial charge in [-0.15, -0.1) is 0 Å². The van der Waals surface area contributed by atoms with Crippen molar-refractivity contribution in [1.29, 1.82) is 5.26 Å². The Morgan fingerprint density at radius 1 is 1.23 bits per heavy atom. The molecule has 0 N–H and O–H groups in total. The third kappa shape index (κ3) is 2.27. The van der Waals surface area contributed by atoms with Crippen LogP contribution in [0.5, 0.6) is 0 Å².